The van der Waals surface area contributed by atoms with Crippen molar-refractivity contribution in [3.8, 4) is 0 Å². The summed E-state index contributed by atoms with van der Waals surface area (Å²) in [4.78, 5) is 16.0. The third-order valence-corrected chi connectivity index (χ3v) is 5.89. The van der Waals surface area contributed by atoms with Crippen LogP contribution in [0.2, 0.25) is 0 Å². The molecule has 116 valence electrons. The Bertz CT molecular complexity index is 814. The molecule has 1 aliphatic rings. The summed E-state index contributed by atoms with van der Waals surface area (Å²) in [6.07, 6.45) is 1.80. The molecule has 6 nitrogen and oxygen atoms in total. The molecular weight excluding hydrogens is 302 g/mol. The van der Waals surface area contributed by atoms with E-state index in [1.807, 2.05) is 0 Å². The van der Waals surface area contributed by atoms with E-state index in [9.17, 15) is 13.2 Å². The van der Waals surface area contributed by atoms with Crippen LogP contribution in [-0.2, 0) is 14.8 Å². The second-order valence-electron chi connectivity index (χ2n) is 5.35. The fraction of sp³-hybridized carbons (Fsp3) is 0.333. The van der Waals surface area contributed by atoms with Gasteiger partial charge in [0.25, 0.3) is 0 Å². The number of rotatable bonds is 2. The minimum absolute atomic E-state index is 0.121. The third-order valence-electron chi connectivity index (χ3n) is 3.82. The maximum absolute atomic E-state index is 13.0. The minimum Gasteiger partial charge on any atom is -0.355 e. The second kappa shape index (κ2) is 5.66. The molecule has 1 atom stereocenters. The minimum atomic E-state index is -3.68. The van der Waals surface area contributed by atoms with Crippen LogP contribution in [0.5, 0.6) is 0 Å². The Morgan fingerprint density at radius 3 is 2.91 bits per heavy atom. The number of sulfonamides is 1. The van der Waals surface area contributed by atoms with Crippen molar-refractivity contribution in [1.82, 2.24) is 14.6 Å². The Morgan fingerprint density at radius 2 is 2.09 bits per heavy atom. The molecule has 7 heteroatoms. The quantitative estimate of drug-likeness (QED) is 0.900. The first-order valence-corrected chi connectivity index (χ1v) is 8.56. The van der Waals surface area contributed by atoms with Crippen LogP contribution in [0, 0.1) is 0 Å². The zero-order valence-electron chi connectivity index (χ0n) is 12.2. The number of hydrogen-bond donors (Lipinski definition) is 1. The highest BCUT2D eigenvalue weighted by Crippen LogP contribution is 2.26. The molecule has 1 aliphatic heterocycles. The van der Waals surface area contributed by atoms with Crippen LogP contribution in [0.1, 0.15) is 13.3 Å². The van der Waals surface area contributed by atoms with Gasteiger partial charge in [-0.15, -0.1) is 0 Å². The number of aromatic nitrogens is 1. The van der Waals surface area contributed by atoms with Gasteiger partial charge in [-0.05, 0) is 31.2 Å². The molecule has 2 aromatic rings. The zero-order chi connectivity index (χ0) is 15.7. The molecule has 1 unspecified atom stereocenters. The number of hydrogen-bond acceptors (Lipinski definition) is 4. The average molecular weight is 319 g/mol. The summed E-state index contributed by atoms with van der Waals surface area (Å²) in [5, 5.41) is 3.31. The van der Waals surface area contributed by atoms with Gasteiger partial charge in [0.1, 0.15) is 0 Å². The van der Waals surface area contributed by atoms with Crippen LogP contribution in [0.25, 0.3) is 10.9 Å². The number of nitrogens with zero attached hydrogens (tertiary/aromatic N) is 2. The highest BCUT2D eigenvalue weighted by atomic mass is 32.2. The van der Waals surface area contributed by atoms with E-state index in [1.165, 1.54) is 4.31 Å². The van der Waals surface area contributed by atoms with Crippen molar-refractivity contribution in [3.05, 3.63) is 36.5 Å². The SMILES string of the molecule is CC1CC(=O)NCCN1S(=O)(=O)c1cccc2ncccc12. The topological polar surface area (TPSA) is 79.4 Å². The van der Waals surface area contributed by atoms with Crippen molar-refractivity contribution >= 4 is 26.8 Å². The molecule has 0 saturated carbocycles. The van der Waals surface area contributed by atoms with Gasteiger partial charge in [-0.25, -0.2) is 8.42 Å². The number of pyridine rings is 1. The summed E-state index contributed by atoms with van der Waals surface area (Å²) in [7, 11) is -3.68. The Hall–Kier alpha value is -1.99. The fourth-order valence-electron chi connectivity index (χ4n) is 2.75. The molecular formula is C15H17N3O3S. The van der Waals surface area contributed by atoms with E-state index in [1.54, 1.807) is 43.5 Å². The van der Waals surface area contributed by atoms with Gasteiger partial charge in [-0.1, -0.05) is 6.07 Å². The summed E-state index contributed by atoms with van der Waals surface area (Å²) < 4.78 is 27.5. The van der Waals surface area contributed by atoms with E-state index in [0.29, 0.717) is 17.4 Å². The van der Waals surface area contributed by atoms with E-state index in [0.717, 1.165) is 0 Å². The predicted molar refractivity (Wildman–Crippen MR) is 82.7 cm³/mol. The molecule has 3 rings (SSSR count). The van der Waals surface area contributed by atoms with Gasteiger partial charge < -0.3 is 5.32 Å². The highest BCUT2D eigenvalue weighted by molar-refractivity contribution is 7.89. The molecule has 0 bridgehead atoms. The lowest BCUT2D eigenvalue weighted by atomic mass is 10.2. The van der Waals surface area contributed by atoms with Crippen LogP contribution < -0.4 is 5.32 Å². The lowest BCUT2D eigenvalue weighted by molar-refractivity contribution is -0.121. The number of amides is 1. The van der Waals surface area contributed by atoms with Crippen LogP contribution in [0.4, 0.5) is 0 Å². The molecule has 0 aliphatic carbocycles. The third kappa shape index (κ3) is 2.57. The summed E-state index contributed by atoms with van der Waals surface area (Å²) in [6.45, 7) is 2.35. The monoisotopic (exact) mass is 319 g/mol. The normalized spacial score (nSPS) is 20.6. The molecule has 1 aromatic carbocycles. The maximum Gasteiger partial charge on any atom is 0.244 e. The molecule has 1 saturated heterocycles. The van der Waals surface area contributed by atoms with Crippen molar-refractivity contribution < 1.29 is 13.2 Å². The number of fused-ring (bicyclic) bond motifs is 1. The lowest BCUT2D eigenvalue weighted by Crippen LogP contribution is -2.39. The van der Waals surface area contributed by atoms with Gasteiger partial charge in [-0.3, -0.25) is 9.78 Å². The van der Waals surface area contributed by atoms with Crippen LogP contribution in [-0.4, -0.2) is 42.7 Å². The van der Waals surface area contributed by atoms with Crippen LogP contribution >= 0.6 is 0 Å². The number of nitrogens with one attached hydrogen (secondary N) is 1. The van der Waals surface area contributed by atoms with Gasteiger partial charge in [0.05, 0.1) is 10.4 Å². The Morgan fingerprint density at radius 1 is 1.27 bits per heavy atom. The molecule has 22 heavy (non-hydrogen) atoms. The predicted octanol–water partition coefficient (Wildman–Crippen LogP) is 1.13. The van der Waals surface area contributed by atoms with Gasteiger partial charge >= 0.3 is 0 Å². The standard InChI is InChI=1S/C15H17N3O3S/c1-11-10-15(19)17-8-9-18(11)22(20,21)14-6-2-5-13-12(14)4-3-7-16-13/h2-7,11H,8-10H2,1H3,(H,17,19). The van der Waals surface area contributed by atoms with E-state index >= 15 is 0 Å². The average Bonchev–Trinajstić information content (AvgIpc) is 2.67. The zero-order valence-corrected chi connectivity index (χ0v) is 13.0. The molecule has 1 aromatic heterocycles. The number of carbonyl (C=O) groups is 1. The molecule has 1 fully saturated rings. The fourth-order valence-corrected chi connectivity index (χ4v) is 4.59. The molecule has 0 radical (unpaired) electrons. The largest absolute Gasteiger partial charge is 0.355 e. The van der Waals surface area contributed by atoms with Crippen molar-refractivity contribution in [2.75, 3.05) is 13.1 Å². The van der Waals surface area contributed by atoms with Crippen molar-refractivity contribution in [2.45, 2.75) is 24.3 Å². The Kier molecular flexibility index (Phi) is 3.84. The number of benzene rings is 1. The van der Waals surface area contributed by atoms with Gasteiger partial charge in [-0.2, -0.15) is 4.31 Å². The lowest BCUT2D eigenvalue weighted by Gasteiger charge is -2.25. The molecule has 2 heterocycles. The summed E-state index contributed by atoms with van der Waals surface area (Å²) in [5.41, 5.74) is 0.639. The van der Waals surface area contributed by atoms with Crippen LogP contribution in [0.15, 0.2) is 41.4 Å². The summed E-state index contributed by atoms with van der Waals surface area (Å²) in [6, 6.07) is 8.16. The van der Waals surface area contributed by atoms with E-state index in [2.05, 4.69) is 10.3 Å². The van der Waals surface area contributed by atoms with Gasteiger partial charge in [0.2, 0.25) is 15.9 Å². The van der Waals surface area contributed by atoms with E-state index in [4.69, 9.17) is 0 Å². The maximum atomic E-state index is 13.0. The van der Waals surface area contributed by atoms with Crippen LogP contribution in [0.3, 0.4) is 0 Å². The smallest absolute Gasteiger partial charge is 0.244 e. The van der Waals surface area contributed by atoms with Gasteiger partial charge in [0.15, 0.2) is 0 Å². The van der Waals surface area contributed by atoms with E-state index in [-0.39, 0.29) is 29.8 Å². The van der Waals surface area contributed by atoms with Crippen molar-refractivity contribution in [2.24, 2.45) is 0 Å². The Balaban J connectivity index is 2.10. The summed E-state index contributed by atoms with van der Waals surface area (Å²) >= 11 is 0. The van der Waals surface area contributed by atoms with E-state index < -0.39 is 10.0 Å². The summed E-state index contributed by atoms with van der Waals surface area (Å²) in [5.74, 6) is -0.121. The van der Waals surface area contributed by atoms with Crippen molar-refractivity contribution in [1.29, 1.82) is 0 Å². The molecule has 1 N–H and O–H groups in total. The molecule has 1 amide bonds. The second-order valence-corrected chi connectivity index (χ2v) is 7.20. The first-order chi connectivity index (χ1) is 10.5. The first kappa shape index (κ1) is 14.9. The first-order valence-electron chi connectivity index (χ1n) is 7.12. The Labute approximate surface area is 129 Å². The van der Waals surface area contributed by atoms with Crippen molar-refractivity contribution in [3.63, 3.8) is 0 Å². The molecule has 0 spiro atoms. The number of carbonyl (C=O) groups excluding carboxylic acids is 1. The highest BCUT2D eigenvalue weighted by Gasteiger charge is 2.32. The van der Waals surface area contributed by atoms with Gasteiger partial charge in [0, 0.05) is 37.1 Å².